The summed E-state index contributed by atoms with van der Waals surface area (Å²) in [6.07, 6.45) is 4.61. The van der Waals surface area contributed by atoms with Gasteiger partial charge in [-0.2, -0.15) is 0 Å². The molecule has 3 aliphatic rings. The molecule has 0 bridgehead atoms. The van der Waals surface area contributed by atoms with Gasteiger partial charge >= 0.3 is 0 Å². The van der Waals surface area contributed by atoms with Gasteiger partial charge in [0.25, 0.3) is 0 Å². The van der Waals surface area contributed by atoms with E-state index < -0.39 is 0 Å². The van der Waals surface area contributed by atoms with E-state index >= 15 is 0 Å². The molecule has 4 heterocycles. The molecule has 10 aromatic carbocycles. The molecule has 0 saturated carbocycles. The van der Waals surface area contributed by atoms with Gasteiger partial charge in [-0.3, -0.25) is 0 Å². The van der Waals surface area contributed by atoms with Gasteiger partial charge in [0.15, 0.2) is 0 Å². The van der Waals surface area contributed by atoms with Crippen molar-refractivity contribution < 1.29 is 0 Å². The number of fused-ring (bicyclic) bond motifs is 15. The molecule has 15 rings (SSSR count). The van der Waals surface area contributed by atoms with Crippen molar-refractivity contribution in [1.82, 2.24) is 9.13 Å². The van der Waals surface area contributed by atoms with E-state index in [9.17, 15) is 0 Å². The molecule has 334 valence electrons. The maximum Gasteiger partial charge on any atom is 0.0641 e. The van der Waals surface area contributed by atoms with Gasteiger partial charge in [-0.25, -0.2) is 0 Å². The van der Waals surface area contributed by atoms with E-state index in [1.807, 2.05) is 0 Å². The zero-order chi connectivity index (χ0) is 47.0. The van der Waals surface area contributed by atoms with Gasteiger partial charge in [-0.15, -0.1) is 0 Å². The van der Waals surface area contributed by atoms with Gasteiger partial charge in [0, 0.05) is 61.0 Å². The minimum absolute atomic E-state index is 0.106. The van der Waals surface area contributed by atoms with E-state index in [1.165, 1.54) is 83.1 Å². The van der Waals surface area contributed by atoms with E-state index in [0.29, 0.717) is 0 Å². The van der Waals surface area contributed by atoms with Crippen molar-refractivity contribution in [3.05, 3.63) is 253 Å². The first-order valence-corrected chi connectivity index (χ1v) is 24.7. The van der Waals surface area contributed by atoms with Crippen LogP contribution < -0.4 is 9.80 Å². The average molecular weight is 907 g/mol. The van der Waals surface area contributed by atoms with E-state index in [-0.39, 0.29) is 5.41 Å². The normalized spacial score (nSPS) is 13.8. The van der Waals surface area contributed by atoms with Gasteiger partial charge in [-0.05, 0) is 130 Å². The molecule has 0 unspecified atom stereocenters. The van der Waals surface area contributed by atoms with Crippen LogP contribution in [0.15, 0.2) is 231 Å². The summed E-state index contributed by atoms with van der Waals surface area (Å²) in [6, 6.07) is 85.3. The minimum atomic E-state index is -0.106. The zero-order valence-electron chi connectivity index (χ0n) is 39.4. The van der Waals surface area contributed by atoms with Crippen LogP contribution in [0.4, 0.5) is 34.1 Å². The largest absolute Gasteiger partial charge is 0.309 e. The fraction of sp³-hybridized carbons (Fsp3) is 0.0448. The van der Waals surface area contributed by atoms with E-state index in [1.54, 1.807) is 0 Å². The van der Waals surface area contributed by atoms with E-state index in [4.69, 9.17) is 0 Å². The Morgan fingerprint density at radius 3 is 1.63 bits per heavy atom. The lowest BCUT2D eigenvalue weighted by Crippen LogP contribution is -2.16. The molecule has 1 aliphatic carbocycles. The molecule has 12 aromatic rings. The topological polar surface area (TPSA) is 16.3 Å². The molecule has 0 fully saturated rings. The Balaban J connectivity index is 1.00. The Morgan fingerprint density at radius 1 is 0.310 bits per heavy atom. The summed E-state index contributed by atoms with van der Waals surface area (Å²) in [5.41, 5.74) is 25.1. The first kappa shape index (κ1) is 39.8. The standard InChI is InChI=1S/C67H46N4/c1-67(2)56-28-14-10-24-49(56)53-42-64-44(39-57(53)67)34-33-43-19-9-15-29-58(43)70(64)47-35-37-62-54(40-47)55-41-48(36-38-63(55)69(62)46-22-7-4-8-23-46)71-60-31-17-12-26-51(60)65-50-25-11-16-30-59(50)68(45-20-5-3-6-21-45)61-32-18-13-27-52(61)66(65)71/h3-42H,1-2H3. The lowest BCUT2D eigenvalue weighted by atomic mass is 9.82. The summed E-state index contributed by atoms with van der Waals surface area (Å²) in [5, 5.41) is 3.60. The molecular weight excluding hydrogens is 861 g/mol. The first-order chi connectivity index (χ1) is 35.0. The molecule has 71 heavy (non-hydrogen) atoms. The molecule has 4 nitrogen and oxygen atoms in total. The zero-order valence-corrected chi connectivity index (χ0v) is 39.4. The van der Waals surface area contributed by atoms with Crippen LogP contribution >= 0.6 is 0 Å². The van der Waals surface area contributed by atoms with Crippen LogP contribution in [0, 0.1) is 0 Å². The number of benzene rings is 10. The second-order valence-corrected chi connectivity index (χ2v) is 19.7. The van der Waals surface area contributed by atoms with Gasteiger partial charge in [0.2, 0.25) is 0 Å². The van der Waals surface area contributed by atoms with Crippen LogP contribution in [0.2, 0.25) is 0 Å². The van der Waals surface area contributed by atoms with Crippen molar-refractivity contribution in [2.45, 2.75) is 19.3 Å². The van der Waals surface area contributed by atoms with Crippen LogP contribution in [0.5, 0.6) is 0 Å². The van der Waals surface area contributed by atoms with Crippen LogP contribution in [0.25, 0.3) is 89.7 Å². The average Bonchev–Trinajstić information content (AvgIpc) is 3.92. The Labute approximate surface area is 412 Å². The Kier molecular flexibility index (Phi) is 8.38. The molecular formula is C67H46N4. The highest BCUT2D eigenvalue weighted by Gasteiger charge is 2.37. The number of rotatable bonds is 4. The van der Waals surface area contributed by atoms with Gasteiger partial charge < -0.3 is 18.9 Å². The van der Waals surface area contributed by atoms with Crippen molar-refractivity contribution in [3.8, 4) is 44.9 Å². The predicted molar refractivity (Wildman–Crippen MR) is 298 cm³/mol. The summed E-state index contributed by atoms with van der Waals surface area (Å²) in [4.78, 5) is 4.94. The molecule has 2 aliphatic heterocycles. The van der Waals surface area contributed by atoms with Crippen molar-refractivity contribution in [2.24, 2.45) is 0 Å². The molecule has 0 saturated heterocycles. The summed E-state index contributed by atoms with van der Waals surface area (Å²) < 4.78 is 4.96. The quantitative estimate of drug-likeness (QED) is 0.175. The molecule has 4 heteroatoms. The monoisotopic (exact) mass is 906 g/mol. The molecule has 0 N–H and O–H groups in total. The maximum atomic E-state index is 2.52. The highest BCUT2D eigenvalue weighted by Crippen LogP contribution is 2.56. The number of anilines is 6. The molecule has 2 aromatic heterocycles. The highest BCUT2D eigenvalue weighted by atomic mass is 15.2. The lowest BCUT2D eigenvalue weighted by Gasteiger charge is -2.29. The lowest BCUT2D eigenvalue weighted by molar-refractivity contribution is 0.660. The third-order valence-electron chi connectivity index (χ3n) is 15.6. The number of aromatic nitrogens is 2. The van der Waals surface area contributed by atoms with Crippen molar-refractivity contribution in [1.29, 1.82) is 0 Å². The SMILES string of the molecule is CC1(C)c2ccccc2-c2cc3c(cc21)C=Cc1ccccc1N3c1ccc2c(c1)c1cc(-n3c4c(c5ccccc53)-c3ccccc3N(c3ccccc3)c3ccccc3-4)ccc1n2-c1ccccc1. The highest BCUT2D eigenvalue weighted by molar-refractivity contribution is 6.15. The molecule has 0 amide bonds. The van der Waals surface area contributed by atoms with Gasteiger partial charge in [0.05, 0.1) is 45.0 Å². The Hall–Kier alpha value is -9.12. The number of para-hydroxylation sites is 6. The summed E-state index contributed by atoms with van der Waals surface area (Å²) in [7, 11) is 0. The maximum absolute atomic E-state index is 2.52. The molecule has 0 atom stereocenters. The Bertz CT molecular complexity index is 4210. The summed E-state index contributed by atoms with van der Waals surface area (Å²) in [5.74, 6) is 0. The van der Waals surface area contributed by atoms with E-state index in [0.717, 1.165) is 50.8 Å². The summed E-state index contributed by atoms with van der Waals surface area (Å²) in [6.45, 7) is 4.74. The van der Waals surface area contributed by atoms with Crippen molar-refractivity contribution in [3.63, 3.8) is 0 Å². The van der Waals surface area contributed by atoms with Crippen LogP contribution in [0.1, 0.15) is 36.1 Å². The van der Waals surface area contributed by atoms with Gasteiger partial charge in [-0.1, -0.05) is 159 Å². The Morgan fingerprint density at radius 2 is 0.859 bits per heavy atom. The second-order valence-electron chi connectivity index (χ2n) is 19.7. The second kappa shape index (κ2) is 14.9. The van der Waals surface area contributed by atoms with Crippen molar-refractivity contribution >= 4 is 79.0 Å². The predicted octanol–water partition coefficient (Wildman–Crippen LogP) is 18.1. The van der Waals surface area contributed by atoms with Crippen LogP contribution in [-0.4, -0.2) is 9.13 Å². The van der Waals surface area contributed by atoms with Crippen LogP contribution in [0.3, 0.4) is 0 Å². The first-order valence-electron chi connectivity index (χ1n) is 24.7. The smallest absolute Gasteiger partial charge is 0.0641 e. The number of nitrogens with zero attached hydrogens (tertiary/aromatic N) is 4. The fourth-order valence-electron chi connectivity index (χ4n) is 12.4. The van der Waals surface area contributed by atoms with Gasteiger partial charge in [0.1, 0.15) is 0 Å². The fourth-order valence-corrected chi connectivity index (χ4v) is 12.4. The van der Waals surface area contributed by atoms with Crippen LogP contribution in [-0.2, 0) is 5.41 Å². The number of hydrogen-bond donors (Lipinski definition) is 0. The third-order valence-corrected chi connectivity index (χ3v) is 15.6. The molecule has 0 radical (unpaired) electrons. The molecule has 0 spiro atoms. The minimum Gasteiger partial charge on any atom is -0.309 e. The number of hydrogen-bond acceptors (Lipinski definition) is 2. The third kappa shape index (κ3) is 5.67. The van der Waals surface area contributed by atoms with E-state index in [2.05, 4.69) is 275 Å². The summed E-state index contributed by atoms with van der Waals surface area (Å²) >= 11 is 0. The van der Waals surface area contributed by atoms with Crippen molar-refractivity contribution in [2.75, 3.05) is 9.80 Å².